The molecule has 0 fully saturated rings. The van der Waals surface area contributed by atoms with Crippen LogP contribution in [0.15, 0.2) is 66.2 Å². The molecule has 0 bridgehead atoms. The molecular weight excluding hydrogens is 452 g/mol. The molecule has 2 N–H and O–H groups in total. The van der Waals surface area contributed by atoms with Crippen LogP contribution in [0.5, 0.6) is 0 Å². The predicted octanol–water partition coefficient (Wildman–Crippen LogP) is -3.79. The van der Waals surface area contributed by atoms with Gasteiger partial charge in [-0.2, -0.15) is 8.42 Å². The van der Waals surface area contributed by atoms with Crippen molar-refractivity contribution in [2.75, 3.05) is 7.11 Å². The Morgan fingerprint density at radius 2 is 1.56 bits per heavy atom. The first-order chi connectivity index (χ1) is 15.7. The maximum atomic E-state index is 13.3. The van der Waals surface area contributed by atoms with Crippen molar-refractivity contribution in [2.24, 2.45) is 5.73 Å². The van der Waals surface area contributed by atoms with Crippen molar-refractivity contribution in [1.82, 2.24) is 0 Å². The van der Waals surface area contributed by atoms with Gasteiger partial charge in [0.25, 0.3) is 5.97 Å². The van der Waals surface area contributed by atoms with Gasteiger partial charge < -0.3 is 19.4 Å². The van der Waals surface area contributed by atoms with Gasteiger partial charge >= 0.3 is 10.1 Å². The lowest BCUT2D eigenvalue weighted by Crippen LogP contribution is -2.40. The molecule has 0 radical (unpaired) electrons. The van der Waals surface area contributed by atoms with Crippen molar-refractivity contribution in [1.29, 1.82) is 0 Å². The Hall–Kier alpha value is -3.01. The summed E-state index contributed by atoms with van der Waals surface area (Å²) in [5, 5.41) is -0.905. The molecule has 0 unspecified atom stereocenters. The van der Waals surface area contributed by atoms with Gasteiger partial charge in [-0.1, -0.05) is 54.6 Å². The van der Waals surface area contributed by atoms with Crippen LogP contribution in [-0.4, -0.2) is 66.5 Å². The number of methoxy groups -OCH3 is 1. The SMILES string of the molecule is BC(B)(C(=O)OC)c1ccc([C@@]2(B)OC(N)=C(OS(=O)(=O)C(B)(B)c3ccccc3)C2=O)cc1. The van der Waals surface area contributed by atoms with E-state index in [1.54, 1.807) is 70.3 Å². The average molecular weight is 477 g/mol. The third-order valence-corrected chi connectivity index (χ3v) is 8.19. The van der Waals surface area contributed by atoms with E-state index in [1.807, 2.05) is 0 Å². The standard InChI is InChI=1S/C20H24B5NO7S/c1-31-17(28)18(21,22)11-7-9-12(10-8-11)19(23)15(27)14(16(26)32-19)33-34(29,30)20(24,25)13-5-3-2-4-6-13/h2-10H,21-26H2,1H3/t19-/m1/s1. The Bertz CT molecular complexity index is 1260. The Morgan fingerprint density at radius 1 is 1.00 bits per heavy atom. The molecule has 34 heavy (non-hydrogen) atoms. The van der Waals surface area contributed by atoms with Crippen molar-refractivity contribution >= 4 is 61.1 Å². The summed E-state index contributed by atoms with van der Waals surface area (Å²) in [6.45, 7) is 0. The van der Waals surface area contributed by atoms with Gasteiger partial charge in [0.2, 0.25) is 17.4 Å². The molecule has 0 saturated carbocycles. The van der Waals surface area contributed by atoms with Crippen molar-refractivity contribution in [3.05, 3.63) is 82.9 Å². The molecule has 2 aromatic carbocycles. The highest BCUT2D eigenvalue weighted by Gasteiger charge is 2.51. The first-order valence-corrected chi connectivity index (χ1v) is 12.0. The number of Topliss-reactive ketones (excluding diaryl/α,β-unsaturated/α-hetero) is 1. The molecule has 1 aliphatic rings. The molecule has 0 aliphatic carbocycles. The molecule has 1 heterocycles. The van der Waals surface area contributed by atoms with E-state index in [9.17, 15) is 18.0 Å². The molecule has 1 aliphatic heterocycles. The first-order valence-electron chi connectivity index (χ1n) is 10.6. The molecular formula is C20H24B5NO7S. The van der Waals surface area contributed by atoms with E-state index in [0.717, 1.165) is 0 Å². The van der Waals surface area contributed by atoms with E-state index < -0.39 is 48.8 Å². The predicted molar refractivity (Wildman–Crippen MR) is 140 cm³/mol. The molecule has 3 rings (SSSR count). The van der Waals surface area contributed by atoms with Crippen LogP contribution in [-0.2, 0) is 48.6 Å². The van der Waals surface area contributed by atoms with E-state index in [2.05, 4.69) is 0 Å². The second kappa shape index (κ2) is 8.65. The van der Waals surface area contributed by atoms with Gasteiger partial charge in [0.15, 0.2) is 13.3 Å². The molecule has 0 spiro atoms. The fourth-order valence-electron chi connectivity index (χ4n) is 3.69. The topological polar surface area (TPSA) is 122 Å². The zero-order valence-electron chi connectivity index (χ0n) is 20.0. The number of hydrogen-bond acceptors (Lipinski definition) is 8. The van der Waals surface area contributed by atoms with Crippen LogP contribution >= 0.6 is 0 Å². The lowest BCUT2D eigenvalue weighted by Gasteiger charge is -2.27. The summed E-state index contributed by atoms with van der Waals surface area (Å²) in [4.78, 5) is 25.4. The number of rotatable bonds is 7. The van der Waals surface area contributed by atoms with Crippen LogP contribution < -0.4 is 5.73 Å². The van der Waals surface area contributed by atoms with Gasteiger partial charge in [-0.05, 0) is 16.7 Å². The number of esters is 1. The zero-order valence-corrected chi connectivity index (χ0v) is 20.9. The quantitative estimate of drug-likeness (QED) is 0.246. The highest BCUT2D eigenvalue weighted by molar-refractivity contribution is 7.90. The Labute approximate surface area is 203 Å². The van der Waals surface area contributed by atoms with Gasteiger partial charge in [0, 0.05) is 5.21 Å². The molecule has 172 valence electrons. The zero-order chi connectivity index (χ0) is 25.5. The normalized spacial score (nSPS) is 18.9. The molecule has 2 aromatic rings. The fraction of sp³-hybridized carbons (Fsp3) is 0.200. The van der Waals surface area contributed by atoms with Crippen molar-refractivity contribution in [3.63, 3.8) is 0 Å². The minimum atomic E-state index is -4.32. The summed E-state index contributed by atoms with van der Waals surface area (Å²) in [7, 11) is 4.87. The summed E-state index contributed by atoms with van der Waals surface area (Å²) >= 11 is 0. The van der Waals surface area contributed by atoms with E-state index in [1.165, 1.54) is 30.6 Å². The number of hydrogen-bond donors (Lipinski definition) is 1. The Kier molecular flexibility index (Phi) is 6.52. The van der Waals surface area contributed by atoms with Crippen LogP contribution in [0.25, 0.3) is 0 Å². The second-order valence-corrected chi connectivity index (χ2v) is 11.4. The lowest BCUT2D eigenvalue weighted by atomic mass is 9.51. The van der Waals surface area contributed by atoms with E-state index >= 15 is 0 Å². The number of ketones is 1. The number of carbonyl (C=O) groups is 2. The molecule has 0 amide bonds. The number of benzene rings is 2. The third-order valence-electron chi connectivity index (χ3n) is 6.32. The lowest BCUT2D eigenvalue weighted by molar-refractivity contribution is -0.141. The van der Waals surface area contributed by atoms with Crippen LogP contribution in [0, 0.1) is 0 Å². The minimum absolute atomic E-state index is 0.410. The number of ether oxygens (including phenoxy) is 2. The smallest absolute Gasteiger partial charge is 0.304 e. The number of carbonyl (C=O) groups excluding carboxylic acids is 2. The van der Waals surface area contributed by atoms with Crippen LogP contribution in [0.3, 0.4) is 0 Å². The highest BCUT2D eigenvalue weighted by atomic mass is 32.2. The summed E-state index contributed by atoms with van der Waals surface area (Å²) in [6, 6.07) is 15.1. The molecule has 1 atom stereocenters. The van der Waals surface area contributed by atoms with Gasteiger partial charge in [-0.25, -0.2) is 0 Å². The fourth-order valence-corrected chi connectivity index (χ4v) is 4.70. The van der Waals surface area contributed by atoms with Crippen molar-refractivity contribution in [3.8, 4) is 0 Å². The van der Waals surface area contributed by atoms with Gasteiger partial charge in [0.05, 0.1) is 11.7 Å². The van der Waals surface area contributed by atoms with Crippen molar-refractivity contribution in [2.45, 2.75) is 15.3 Å². The van der Waals surface area contributed by atoms with Crippen LogP contribution in [0.2, 0.25) is 0 Å². The van der Waals surface area contributed by atoms with Crippen LogP contribution in [0.4, 0.5) is 0 Å². The summed E-state index contributed by atoms with van der Waals surface area (Å²) in [5.74, 6) is -2.12. The maximum Gasteiger partial charge on any atom is 0.304 e. The summed E-state index contributed by atoms with van der Waals surface area (Å²) in [5.41, 5.74) is 5.90. The van der Waals surface area contributed by atoms with E-state index in [4.69, 9.17) is 19.4 Å². The summed E-state index contributed by atoms with van der Waals surface area (Å²) < 4.78 is 40.6. The van der Waals surface area contributed by atoms with Crippen molar-refractivity contribution < 1.29 is 31.7 Å². The highest BCUT2D eigenvalue weighted by Crippen LogP contribution is 2.38. The van der Waals surface area contributed by atoms with E-state index in [0.29, 0.717) is 16.7 Å². The maximum absolute atomic E-state index is 13.3. The minimum Gasteiger partial charge on any atom is -0.469 e. The van der Waals surface area contributed by atoms with Crippen LogP contribution in [0.1, 0.15) is 16.7 Å². The molecule has 14 heteroatoms. The molecule has 0 saturated heterocycles. The average Bonchev–Trinajstić information content (AvgIpc) is 3.02. The molecule has 0 aromatic heterocycles. The Morgan fingerprint density at radius 3 is 2.09 bits per heavy atom. The van der Waals surface area contributed by atoms with Gasteiger partial charge in [-0.3, -0.25) is 9.59 Å². The first kappa shape index (κ1) is 25.6. The largest absolute Gasteiger partial charge is 0.469 e. The van der Waals surface area contributed by atoms with Gasteiger partial charge in [0.1, 0.15) is 31.4 Å². The second-order valence-electron chi connectivity index (χ2n) is 9.27. The monoisotopic (exact) mass is 477 g/mol. The number of nitrogens with two attached hydrogens (primary N) is 1. The Balaban J connectivity index is 1.89. The summed E-state index contributed by atoms with van der Waals surface area (Å²) in [6.07, 6.45) is 0. The third kappa shape index (κ3) is 4.15. The van der Waals surface area contributed by atoms with Gasteiger partial charge in [-0.15, -0.1) is 0 Å². The van der Waals surface area contributed by atoms with E-state index in [-0.39, 0.29) is 0 Å². The molecule has 8 nitrogen and oxygen atoms in total.